The van der Waals surface area contributed by atoms with Crippen molar-refractivity contribution in [2.75, 3.05) is 19.7 Å². The molecule has 2 amide bonds. The zero-order chi connectivity index (χ0) is 22.1. The van der Waals surface area contributed by atoms with E-state index in [1.165, 1.54) is 18.7 Å². The number of aliphatic hydroxyl groups is 1. The number of esters is 1. The maximum absolute atomic E-state index is 11.8. The fourth-order valence-electron chi connectivity index (χ4n) is 3.50. The molecular formula is C20H30N2O7. The number of carbonyl (C=O) groups is 5. The lowest BCUT2D eigenvalue weighted by Gasteiger charge is -2.20. The molecule has 162 valence electrons. The van der Waals surface area contributed by atoms with Gasteiger partial charge in [0, 0.05) is 33.0 Å². The number of hydrogen-bond acceptors (Lipinski definition) is 7. The molecule has 2 heterocycles. The molecule has 0 aromatic rings. The molecule has 0 aliphatic carbocycles. The van der Waals surface area contributed by atoms with Crippen LogP contribution in [0.1, 0.15) is 53.4 Å². The second-order valence-corrected chi connectivity index (χ2v) is 7.00. The minimum absolute atomic E-state index is 0.0164. The van der Waals surface area contributed by atoms with Gasteiger partial charge in [0.05, 0.1) is 18.7 Å². The lowest BCUT2D eigenvalue weighted by molar-refractivity contribution is -0.141. The van der Waals surface area contributed by atoms with Gasteiger partial charge in [-0.2, -0.15) is 0 Å². The molecular weight excluding hydrogens is 380 g/mol. The van der Waals surface area contributed by atoms with Gasteiger partial charge in [0.25, 0.3) is 0 Å². The third-order valence-electron chi connectivity index (χ3n) is 4.88. The summed E-state index contributed by atoms with van der Waals surface area (Å²) >= 11 is 0. The summed E-state index contributed by atoms with van der Waals surface area (Å²) in [6.45, 7) is 7.45. The molecule has 2 fully saturated rings. The zero-order valence-electron chi connectivity index (χ0n) is 17.5. The van der Waals surface area contributed by atoms with Crippen molar-refractivity contribution in [3.8, 4) is 0 Å². The van der Waals surface area contributed by atoms with Crippen molar-refractivity contribution in [1.29, 1.82) is 0 Å². The highest BCUT2D eigenvalue weighted by atomic mass is 16.5. The number of ketones is 2. The van der Waals surface area contributed by atoms with Crippen LogP contribution in [0.4, 0.5) is 0 Å². The average Bonchev–Trinajstić information content (AvgIpc) is 3.31. The van der Waals surface area contributed by atoms with Crippen LogP contribution in [0.15, 0.2) is 11.8 Å². The summed E-state index contributed by atoms with van der Waals surface area (Å²) in [7, 11) is 0. The Labute approximate surface area is 170 Å². The minimum atomic E-state index is -0.932. The van der Waals surface area contributed by atoms with E-state index in [2.05, 4.69) is 4.74 Å². The standard InChI is InChI=1S/C12H17NO5.C8H13NO2/c1-3-18-12(17)11(16)7-10(15)9-5-4-6-13(9)8(2)14;1-6(10)8-4-3-5-9(8)7(2)11/h7,9,16H,3-6H2,1-2H3;8H,3-5H2,1-2H3/b11-7-;. The normalized spacial score (nSPS) is 21.3. The molecule has 9 heteroatoms. The van der Waals surface area contributed by atoms with Gasteiger partial charge >= 0.3 is 5.97 Å². The molecule has 2 saturated heterocycles. The van der Waals surface area contributed by atoms with Gasteiger partial charge in [-0.1, -0.05) is 0 Å². The Bertz CT molecular complexity index is 666. The number of hydrogen-bond donors (Lipinski definition) is 1. The van der Waals surface area contributed by atoms with Crippen LogP contribution in [0.5, 0.6) is 0 Å². The zero-order valence-corrected chi connectivity index (χ0v) is 17.5. The molecule has 2 unspecified atom stereocenters. The molecule has 0 aromatic heterocycles. The van der Waals surface area contributed by atoms with Crippen LogP contribution in [-0.2, 0) is 28.7 Å². The molecule has 0 radical (unpaired) electrons. The van der Waals surface area contributed by atoms with Crippen molar-refractivity contribution >= 4 is 29.4 Å². The second kappa shape index (κ2) is 11.3. The Morgan fingerprint density at radius 3 is 1.83 bits per heavy atom. The van der Waals surface area contributed by atoms with Crippen molar-refractivity contribution in [2.24, 2.45) is 0 Å². The summed E-state index contributed by atoms with van der Waals surface area (Å²) in [6, 6.07) is -0.716. The van der Waals surface area contributed by atoms with Gasteiger partial charge in [0.1, 0.15) is 0 Å². The molecule has 29 heavy (non-hydrogen) atoms. The Balaban J connectivity index is 0.000000326. The van der Waals surface area contributed by atoms with E-state index < -0.39 is 23.6 Å². The molecule has 1 N–H and O–H groups in total. The quantitative estimate of drug-likeness (QED) is 0.410. The fourth-order valence-corrected chi connectivity index (χ4v) is 3.50. The highest BCUT2D eigenvalue weighted by molar-refractivity contribution is 6.02. The average molecular weight is 410 g/mol. The van der Waals surface area contributed by atoms with Crippen molar-refractivity contribution in [2.45, 2.75) is 65.5 Å². The number of likely N-dealkylation sites (tertiary alicyclic amines) is 2. The lowest BCUT2D eigenvalue weighted by Crippen LogP contribution is -2.38. The number of carbonyl (C=O) groups excluding carboxylic acids is 5. The summed E-state index contributed by atoms with van der Waals surface area (Å²) in [4.78, 5) is 59.3. The summed E-state index contributed by atoms with van der Waals surface area (Å²) in [5.74, 6) is -2.17. The Morgan fingerprint density at radius 1 is 0.931 bits per heavy atom. The number of aliphatic hydroxyl groups excluding tert-OH is 1. The molecule has 9 nitrogen and oxygen atoms in total. The number of Topliss-reactive ketones (excluding diaryl/α,β-unsaturated/α-hetero) is 1. The molecule has 2 rings (SSSR count). The third kappa shape index (κ3) is 6.99. The fraction of sp³-hybridized carbons (Fsp3) is 0.650. The van der Waals surface area contributed by atoms with Gasteiger partial charge < -0.3 is 19.6 Å². The molecule has 0 saturated carbocycles. The number of amides is 2. The molecule has 2 aliphatic heterocycles. The minimum Gasteiger partial charge on any atom is -0.502 e. The van der Waals surface area contributed by atoms with E-state index in [-0.39, 0.29) is 30.2 Å². The van der Waals surface area contributed by atoms with E-state index in [0.29, 0.717) is 13.0 Å². The third-order valence-corrected chi connectivity index (χ3v) is 4.88. The predicted molar refractivity (Wildman–Crippen MR) is 104 cm³/mol. The number of rotatable bonds is 5. The van der Waals surface area contributed by atoms with E-state index in [1.54, 1.807) is 18.7 Å². The van der Waals surface area contributed by atoms with Crippen LogP contribution in [0.25, 0.3) is 0 Å². The number of ether oxygens (including phenoxy) is 1. The van der Waals surface area contributed by atoms with Crippen LogP contribution < -0.4 is 0 Å². The maximum atomic E-state index is 11.8. The molecule has 2 atom stereocenters. The summed E-state index contributed by atoms with van der Waals surface area (Å²) < 4.78 is 4.55. The number of nitrogens with zero attached hydrogens (tertiary/aromatic N) is 2. The van der Waals surface area contributed by atoms with E-state index in [1.807, 2.05) is 0 Å². The summed E-state index contributed by atoms with van der Waals surface area (Å²) in [6.07, 6.45) is 3.93. The molecule has 0 spiro atoms. The first-order valence-electron chi connectivity index (χ1n) is 9.76. The first kappa shape index (κ1) is 24.3. The van der Waals surface area contributed by atoms with Crippen molar-refractivity contribution < 1.29 is 33.8 Å². The van der Waals surface area contributed by atoms with Crippen LogP contribution in [0, 0.1) is 0 Å². The lowest BCUT2D eigenvalue weighted by atomic mass is 10.1. The van der Waals surface area contributed by atoms with Crippen molar-refractivity contribution in [3.05, 3.63) is 11.8 Å². The van der Waals surface area contributed by atoms with E-state index in [9.17, 15) is 29.1 Å². The predicted octanol–water partition coefficient (Wildman–Crippen LogP) is 1.16. The SMILES string of the molecule is CC(=O)C1CCCN1C(C)=O.CCOC(=O)/C(O)=C/C(=O)C1CCCN1C(C)=O. The van der Waals surface area contributed by atoms with Crippen LogP contribution in [0.2, 0.25) is 0 Å². The Kier molecular flexibility index (Phi) is 9.50. The maximum Gasteiger partial charge on any atom is 0.373 e. The topological polar surface area (TPSA) is 121 Å². The van der Waals surface area contributed by atoms with Crippen molar-refractivity contribution in [3.63, 3.8) is 0 Å². The first-order chi connectivity index (χ1) is 13.6. The summed E-state index contributed by atoms with van der Waals surface area (Å²) in [5, 5.41) is 9.37. The first-order valence-corrected chi connectivity index (χ1v) is 9.76. The van der Waals surface area contributed by atoms with Crippen LogP contribution >= 0.6 is 0 Å². The van der Waals surface area contributed by atoms with Gasteiger partial charge in [-0.05, 0) is 39.5 Å². The van der Waals surface area contributed by atoms with Gasteiger partial charge in [0.15, 0.2) is 11.6 Å². The molecule has 2 aliphatic rings. The van der Waals surface area contributed by atoms with Crippen LogP contribution in [-0.4, -0.2) is 76.0 Å². The largest absolute Gasteiger partial charge is 0.502 e. The van der Waals surface area contributed by atoms with Gasteiger partial charge in [-0.15, -0.1) is 0 Å². The smallest absolute Gasteiger partial charge is 0.373 e. The molecule has 0 bridgehead atoms. The van der Waals surface area contributed by atoms with E-state index >= 15 is 0 Å². The Morgan fingerprint density at radius 2 is 1.41 bits per heavy atom. The van der Waals surface area contributed by atoms with E-state index in [4.69, 9.17) is 0 Å². The monoisotopic (exact) mass is 410 g/mol. The summed E-state index contributed by atoms with van der Waals surface area (Å²) in [5.41, 5.74) is 0. The molecule has 0 aromatic carbocycles. The van der Waals surface area contributed by atoms with Gasteiger partial charge in [-0.25, -0.2) is 4.79 Å². The highest BCUT2D eigenvalue weighted by Gasteiger charge is 2.32. The second-order valence-electron chi connectivity index (χ2n) is 7.00. The van der Waals surface area contributed by atoms with E-state index in [0.717, 1.165) is 31.9 Å². The Hall–Kier alpha value is -2.71. The van der Waals surface area contributed by atoms with Gasteiger partial charge in [0.2, 0.25) is 17.6 Å². The van der Waals surface area contributed by atoms with Crippen molar-refractivity contribution in [1.82, 2.24) is 9.80 Å². The van der Waals surface area contributed by atoms with Crippen LogP contribution in [0.3, 0.4) is 0 Å². The highest BCUT2D eigenvalue weighted by Crippen LogP contribution is 2.19. The van der Waals surface area contributed by atoms with Gasteiger partial charge in [-0.3, -0.25) is 19.2 Å².